The number of ether oxygens (including phenoxy) is 2. The summed E-state index contributed by atoms with van der Waals surface area (Å²) >= 11 is 0. The number of carbonyl (C=O) groups is 2. The number of methoxy groups -OCH3 is 1. The SMILES string of the molecule is COC(=O)[C@@H]1c2ccoc2C[C@H]2[C@H]1[C@@H](O)[C@H](OC(C)=O)[C@@]1(O)C(C)(C)CC[C@H](O)[C@@]21C. The first-order chi connectivity index (χ1) is 14.4. The van der Waals surface area contributed by atoms with Gasteiger partial charge in [-0.15, -0.1) is 0 Å². The van der Waals surface area contributed by atoms with Gasteiger partial charge in [-0.2, -0.15) is 0 Å². The number of hydrogen-bond donors (Lipinski definition) is 3. The molecule has 2 saturated carbocycles. The van der Waals surface area contributed by atoms with Crippen molar-refractivity contribution in [1.82, 2.24) is 0 Å². The third-order valence-corrected chi connectivity index (χ3v) is 8.59. The van der Waals surface area contributed by atoms with Crippen LogP contribution in [0.15, 0.2) is 16.7 Å². The average molecular weight is 437 g/mol. The Labute approximate surface area is 181 Å². The van der Waals surface area contributed by atoms with E-state index in [1.807, 2.05) is 13.8 Å². The number of aliphatic hydroxyl groups excluding tert-OH is 2. The molecule has 3 aliphatic rings. The molecule has 0 aromatic carbocycles. The third-order valence-electron chi connectivity index (χ3n) is 8.59. The van der Waals surface area contributed by atoms with Crippen molar-refractivity contribution in [2.45, 2.75) is 76.8 Å². The van der Waals surface area contributed by atoms with Gasteiger partial charge in [0.1, 0.15) is 11.4 Å². The van der Waals surface area contributed by atoms with Crippen molar-refractivity contribution < 1.29 is 38.8 Å². The normalized spacial score (nSPS) is 43.2. The van der Waals surface area contributed by atoms with Gasteiger partial charge in [-0.05, 0) is 30.2 Å². The monoisotopic (exact) mass is 436 g/mol. The van der Waals surface area contributed by atoms with Crippen molar-refractivity contribution in [3.05, 3.63) is 23.7 Å². The molecular formula is C23H32O8. The molecule has 0 saturated heterocycles. The molecule has 0 amide bonds. The Morgan fingerprint density at radius 1 is 1.23 bits per heavy atom. The van der Waals surface area contributed by atoms with Crippen LogP contribution in [0.4, 0.5) is 0 Å². The first-order valence-electron chi connectivity index (χ1n) is 10.8. The van der Waals surface area contributed by atoms with Gasteiger partial charge in [-0.3, -0.25) is 9.59 Å². The Hall–Kier alpha value is -1.90. The van der Waals surface area contributed by atoms with Crippen LogP contribution in [0.25, 0.3) is 0 Å². The van der Waals surface area contributed by atoms with Gasteiger partial charge in [0, 0.05) is 30.2 Å². The predicted molar refractivity (Wildman–Crippen MR) is 108 cm³/mol. The zero-order chi connectivity index (χ0) is 22.9. The Morgan fingerprint density at radius 3 is 2.52 bits per heavy atom. The maximum Gasteiger partial charge on any atom is 0.313 e. The predicted octanol–water partition coefficient (Wildman–Crippen LogP) is 1.55. The van der Waals surface area contributed by atoms with Crippen molar-refractivity contribution in [3.8, 4) is 0 Å². The highest BCUT2D eigenvalue weighted by Gasteiger charge is 2.76. The van der Waals surface area contributed by atoms with E-state index in [1.54, 1.807) is 13.0 Å². The van der Waals surface area contributed by atoms with E-state index in [2.05, 4.69) is 0 Å². The van der Waals surface area contributed by atoms with Crippen LogP contribution in [0, 0.1) is 22.7 Å². The lowest BCUT2D eigenvalue weighted by Crippen LogP contribution is -2.80. The molecule has 4 rings (SSSR count). The fraction of sp³-hybridized carbons (Fsp3) is 0.739. The van der Waals surface area contributed by atoms with Crippen LogP contribution in [-0.2, 0) is 25.5 Å². The second-order valence-corrected chi connectivity index (χ2v) is 10.2. The number of hydrogen-bond acceptors (Lipinski definition) is 8. The molecule has 1 heterocycles. The van der Waals surface area contributed by atoms with Crippen molar-refractivity contribution in [3.63, 3.8) is 0 Å². The van der Waals surface area contributed by atoms with Gasteiger partial charge in [0.2, 0.25) is 0 Å². The molecule has 3 N–H and O–H groups in total. The van der Waals surface area contributed by atoms with E-state index in [9.17, 15) is 24.9 Å². The molecule has 2 fully saturated rings. The molecular weight excluding hydrogens is 404 g/mol. The molecule has 172 valence electrons. The van der Waals surface area contributed by atoms with E-state index in [0.29, 0.717) is 30.6 Å². The Balaban J connectivity index is 1.98. The first-order valence-corrected chi connectivity index (χ1v) is 10.8. The summed E-state index contributed by atoms with van der Waals surface area (Å²) in [4.78, 5) is 24.9. The average Bonchev–Trinajstić information content (AvgIpc) is 3.18. The lowest BCUT2D eigenvalue weighted by atomic mass is 9.39. The minimum absolute atomic E-state index is 0.330. The molecule has 3 aliphatic carbocycles. The Kier molecular flexibility index (Phi) is 5.07. The standard InChI is InChI=1S/C23H32O8/c1-11(24)31-19-18(26)17-13(10-14-12(7-9-30-14)16(17)20(27)29-5)22(4)15(25)6-8-21(2,3)23(19,22)28/h7,9,13,15-19,25-26,28H,6,8,10H2,1-5H3/t13-,15-,16+,17+,18+,19-,22+,23+/m0/s1. The molecule has 0 bridgehead atoms. The van der Waals surface area contributed by atoms with Crippen molar-refractivity contribution in [1.29, 1.82) is 0 Å². The maximum absolute atomic E-state index is 12.9. The van der Waals surface area contributed by atoms with Gasteiger partial charge in [0.05, 0.1) is 31.5 Å². The molecule has 0 aliphatic heterocycles. The van der Waals surface area contributed by atoms with Gasteiger partial charge in [-0.1, -0.05) is 20.8 Å². The Morgan fingerprint density at radius 2 is 1.90 bits per heavy atom. The molecule has 0 spiro atoms. The largest absolute Gasteiger partial charge is 0.469 e. The summed E-state index contributed by atoms with van der Waals surface area (Å²) in [5.41, 5.74) is -3.09. The fourth-order valence-electron chi connectivity index (χ4n) is 7.00. The van der Waals surface area contributed by atoms with Crippen LogP contribution in [-0.4, -0.2) is 58.3 Å². The van der Waals surface area contributed by atoms with Crippen LogP contribution in [0.2, 0.25) is 0 Å². The number of rotatable bonds is 2. The number of carbonyl (C=O) groups excluding carboxylic acids is 2. The zero-order valence-corrected chi connectivity index (χ0v) is 18.6. The third kappa shape index (κ3) is 2.71. The molecule has 0 radical (unpaired) electrons. The summed E-state index contributed by atoms with van der Waals surface area (Å²) in [5, 5.41) is 35.2. The molecule has 31 heavy (non-hydrogen) atoms. The van der Waals surface area contributed by atoms with Gasteiger partial charge in [0.15, 0.2) is 6.10 Å². The number of aliphatic hydroxyl groups is 3. The summed E-state index contributed by atoms with van der Waals surface area (Å²) in [6.07, 6.45) is -0.857. The van der Waals surface area contributed by atoms with E-state index in [4.69, 9.17) is 13.9 Å². The summed E-state index contributed by atoms with van der Waals surface area (Å²) < 4.78 is 16.3. The number of furan rings is 1. The molecule has 8 nitrogen and oxygen atoms in total. The molecule has 8 heteroatoms. The van der Waals surface area contributed by atoms with Gasteiger partial charge in [-0.25, -0.2) is 0 Å². The first kappa shape index (κ1) is 22.3. The van der Waals surface area contributed by atoms with Gasteiger partial charge >= 0.3 is 11.9 Å². The van der Waals surface area contributed by atoms with Crippen molar-refractivity contribution in [2.75, 3.05) is 7.11 Å². The summed E-state index contributed by atoms with van der Waals surface area (Å²) in [6.45, 7) is 6.72. The second kappa shape index (κ2) is 7.05. The lowest BCUT2D eigenvalue weighted by molar-refractivity contribution is -0.337. The second-order valence-electron chi connectivity index (χ2n) is 10.2. The maximum atomic E-state index is 12.9. The van der Waals surface area contributed by atoms with Gasteiger partial charge in [0.25, 0.3) is 0 Å². The van der Waals surface area contributed by atoms with Crippen molar-refractivity contribution in [2.24, 2.45) is 22.7 Å². The quantitative estimate of drug-likeness (QED) is 0.596. The highest BCUT2D eigenvalue weighted by molar-refractivity contribution is 5.79. The molecule has 1 aromatic rings. The number of fused-ring (bicyclic) bond motifs is 4. The molecule has 1 aromatic heterocycles. The van der Waals surface area contributed by atoms with Crippen LogP contribution >= 0.6 is 0 Å². The van der Waals surface area contributed by atoms with Gasteiger partial charge < -0.3 is 29.2 Å². The summed E-state index contributed by atoms with van der Waals surface area (Å²) in [6, 6.07) is 1.69. The van der Waals surface area contributed by atoms with E-state index in [-0.39, 0.29) is 0 Å². The topological polar surface area (TPSA) is 126 Å². The highest BCUT2D eigenvalue weighted by Crippen LogP contribution is 2.67. The lowest BCUT2D eigenvalue weighted by Gasteiger charge is -2.69. The fourth-order valence-corrected chi connectivity index (χ4v) is 7.00. The van der Waals surface area contributed by atoms with Crippen molar-refractivity contribution >= 4 is 11.9 Å². The van der Waals surface area contributed by atoms with Crippen LogP contribution in [0.3, 0.4) is 0 Å². The van der Waals surface area contributed by atoms with Crippen LogP contribution in [0.5, 0.6) is 0 Å². The number of esters is 2. The van der Waals surface area contributed by atoms with Crippen LogP contribution in [0.1, 0.15) is 57.8 Å². The van der Waals surface area contributed by atoms with Crippen LogP contribution < -0.4 is 0 Å². The van der Waals surface area contributed by atoms with E-state index in [0.717, 1.165) is 0 Å². The minimum atomic E-state index is -1.74. The van der Waals surface area contributed by atoms with E-state index in [1.165, 1.54) is 20.3 Å². The molecule has 8 atom stereocenters. The summed E-state index contributed by atoms with van der Waals surface area (Å²) in [5.74, 6) is -2.74. The van der Waals surface area contributed by atoms with E-state index >= 15 is 0 Å². The highest BCUT2D eigenvalue weighted by atomic mass is 16.6. The summed E-state index contributed by atoms with van der Waals surface area (Å²) in [7, 11) is 1.28. The van der Waals surface area contributed by atoms with E-state index < -0.39 is 64.4 Å². The smallest absolute Gasteiger partial charge is 0.313 e. The molecule has 0 unspecified atom stereocenters. The zero-order valence-electron chi connectivity index (χ0n) is 18.6. The minimum Gasteiger partial charge on any atom is -0.469 e. The Bertz CT molecular complexity index is 890.